The molecule has 7 nitrogen and oxygen atoms in total. The number of hydrogen-bond acceptors (Lipinski definition) is 6. The van der Waals surface area contributed by atoms with Gasteiger partial charge < -0.3 is 5.73 Å². The van der Waals surface area contributed by atoms with Gasteiger partial charge in [-0.15, -0.1) is 10.4 Å². The molecular formula is C25H23F3N5O2+. The molecule has 3 aromatic carbocycles. The highest BCUT2D eigenvalue weighted by Crippen LogP contribution is 2.38. The van der Waals surface area contributed by atoms with E-state index in [-0.39, 0.29) is 28.1 Å². The van der Waals surface area contributed by atoms with Crippen LogP contribution in [0, 0.1) is 17.5 Å². The van der Waals surface area contributed by atoms with Crippen molar-refractivity contribution in [3.63, 3.8) is 0 Å². The summed E-state index contributed by atoms with van der Waals surface area (Å²) in [7, 11) is 0. The Morgan fingerprint density at radius 2 is 1.86 bits per heavy atom. The van der Waals surface area contributed by atoms with Gasteiger partial charge in [0, 0.05) is 23.4 Å². The summed E-state index contributed by atoms with van der Waals surface area (Å²) >= 11 is 0. The van der Waals surface area contributed by atoms with Crippen LogP contribution in [-0.4, -0.2) is 20.4 Å². The van der Waals surface area contributed by atoms with Crippen molar-refractivity contribution in [1.29, 1.82) is 0 Å². The monoisotopic (exact) mass is 482 g/mol. The summed E-state index contributed by atoms with van der Waals surface area (Å²) in [4.78, 5) is 5.82. The van der Waals surface area contributed by atoms with Gasteiger partial charge in [-0.05, 0) is 61.1 Å². The zero-order valence-electron chi connectivity index (χ0n) is 18.8. The lowest BCUT2D eigenvalue weighted by atomic mass is 10.0. The van der Waals surface area contributed by atoms with Gasteiger partial charge in [0.05, 0.1) is 21.4 Å². The van der Waals surface area contributed by atoms with Gasteiger partial charge in [-0.2, -0.15) is 5.43 Å². The maximum Gasteiger partial charge on any atom is 0.231 e. The lowest BCUT2D eigenvalue weighted by Gasteiger charge is -2.24. The molecular weight excluding hydrogens is 459 g/mol. The van der Waals surface area contributed by atoms with Crippen LogP contribution in [0.3, 0.4) is 0 Å². The number of rotatable bonds is 5. The van der Waals surface area contributed by atoms with Crippen molar-refractivity contribution in [2.45, 2.75) is 32.6 Å². The minimum Gasteiger partial charge on any atom is -0.368 e. The number of anilines is 2. The van der Waals surface area contributed by atoms with Crippen molar-refractivity contribution in [3.05, 3.63) is 76.7 Å². The highest BCUT2D eigenvalue weighted by molar-refractivity contribution is 5.86. The fraction of sp³-hybridized carbons (Fsp3) is 0.200. The van der Waals surface area contributed by atoms with E-state index in [0.717, 1.165) is 47.9 Å². The maximum absolute atomic E-state index is 15.6. The normalized spacial score (nSPS) is 13.3. The number of benzene rings is 3. The van der Waals surface area contributed by atoms with Gasteiger partial charge in [-0.3, -0.25) is 0 Å². The summed E-state index contributed by atoms with van der Waals surface area (Å²) in [5.74, 6) is -3.20. The van der Waals surface area contributed by atoms with Gasteiger partial charge in [0.2, 0.25) is 11.6 Å². The van der Waals surface area contributed by atoms with Crippen LogP contribution >= 0.6 is 0 Å². The molecule has 1 aromatic heterocycles. The SMILES string of the molecule is CCc1cc2c(c([N+](O)(O)Nc3ccc(F)c(-c4ccc5nc(N)ncc5c4F)c3F)c1)CCC2. The van der Waals surface area contributed by atoms with Crippen molar-refractivity contribution in [2.75, 3.05) is 11.2 Å². The number of quaternary nitrogens is 1. The number of nitrogens with one attached hydrogen (secondary N) is 1. The molecule has 180 valence electrons. The van der Waals surface area contributed by atoms with E-state index in [1.807, 2.05) is 13.0 Å². The molecule has 1 aliphatic carbocycles. The fourth-order valence-corrected chi connectivity index (χ4v) is 4.62. The van der Waals surface area contributed by atoms with Crippen molar-refractivity contribution in [1.82, 2.24) is 14.9 Å². The molecule has 0 aliphatic heterocycles. The van der Waals surface area contributed by atoms with Crippen LogP contribution in [0.25, 0.3) is 22.0 Å². The van der Waals surface area contributed by atoms with E-state index in [4.69, 9.17) is 5.73 Å². The zero-order valence-corrected chi connectivity index (χ0v) is 18.8. The van der Waals surface area contributed by atoms with E-state index in [0.29, 0.717) is 12.8 Å². The quantitative estimate of drug-likeness (QED) is 0.222. The maximum atomic E-state index is 15.6. The molecule has 0 saturated heterocycles. The molecule has 10 heteroatoms. The summed E-state index contributed by atoms with van der Waals surface area (Å²) < 4.78 is 45.6. The van der Waals surface area contributed by atoms with Crippen molar-refractivity contribution in [2.24, 2.45) is 0 Å². The molecule has 0 atom stereocenters. The highest BCUT2D eigenvalue weighted by Gasteiger charge is 2.36. The molecule has 0 radical (unpaired) electrons. The molecule has 4 aromatic rings. The van der Waals surface area contributed by atoms with E-state index >= 15 is 8.78 Å². The smallest absolute Gasteiger partial charge is 0.231 e. The van der Waals surface area contributed by atoms with Gasteiger partial charge in [0.1, 0.15) is 17.3 Å². The number of nitrogens with two attached hydrogens (primary N) is 1. The third-order valence-corrected chi connectivity index (χ3v) is 6.35. The summed E-state index contributed by atoms with van der Waals surface area (Å²) in [5.41, 5.74) is 9.41. The lowest BCUT2D eigenvalue weighted by Crippen LogP contribution is -2.48. The zero-order chi connectivity index (χ0) is 24.9. The molecule has 35 heavy (non-hydrogen) atoms. The molecule has 0 bridgehead atoms. The van der Waals surface area contributed by atoms with Crippen LogP contribution in [0.4, 0.5) is 30.5 Å². The lowest BCUT2D eigenvalue weighted by molar-refractivity contribution is -0.273. The predicted octanol–water partition coefficient (Wildman–Crippen LogP) is 5.46. The number of hydrogen-bond donors (Lipinski definition) is 4. The third-order valence-electron chi connectivity index (χ3n) is 6.35. The first-order valence-electron chi connectivity index (χ1n) is 11.2. The second kappa shape index (κ2) is 8.49. The average Bonchev–Trinajstić information content (AvgIpc) is 3.30. The number of nitrogen functional groups attached to an aromatic ring is 1. The summed E-state index contributed by atoms with van der Waals surface area (Å²) in [6.07, 6.45) is 4.12. The molecule has 0 saturated carbocycles. The van der Waals surface area contributed by atoms with E-state index in [2.05, 4.69) is 15.4 Å². The number of halogens is 3. The van der Waals surface area contributed by atoms with Crippen LogP contribution in [0.1, 0.15) is 30.0 Å². The Hall–Kier alpha value is -3.73. The Labute approximate surface area is 198 Å². The van der Waals surface area contributed by atoms with Gasteiger partial charge in [0.25, 0.3) is 0 Å². The molecule has 0 amide bonds. The van der Waals surface area contributed by atoms with Crippen LogP contribution in [0.2, 0.25) is 0 Å². The van der Waals surface area contributed by atoms with Crippen LogP contribution in [-0.2, 0) is 19.3 Å². The molecule has 0 fully saturated rings. The molecule has 5 N–H and O–H groups in total. The topological polar surface area (TPSA) is 104 Å². The summed E-state index contributed by atoms with van der Waals surface area (Å²) in [6, 6.07) is 8.20. The first-order chi connectivity index (χ1) is 16.7. The molecule has 0 unspecified atom stereocenters. The van der Waals surface area contributed by atoms with Gasteiger partial charge in [0.15, 0.2) is 5.82 Å². The van der Waals surface area contributed by atoms with Crippen LogP contribution in [0.15, 0.2) is 42.6 Å². The summed E-state index contributed by atoms with van der Waals surface area (Å²) in [5, 5.41) is 21.8. The van der Waals surface area contributed by atoms with Gasteiger partial charge in [-0.25, -0.2) is 23.1 Å². The molecule has 5 rings (SSSR count). The molecule has 1 aliphatic rings. The van der Waals surface area contributed by atoms with Crippen molar-refractivity contribution in [3.8, 4) is 11.1 Å². The minimum atomic E-state index is -1.84. The third kappa shape index (κ3) is 3.95. The van der Waals surface area contributed by atoms with Crippen molar-refractivity contribution < 1.29 is 23.6 Å². The standard InChI is InChI=1S/C25H23F3N5O2/c1-2-13-10-14-4-3-5-15(14)21(11-13)33(34,35)32-20-9-7-18(26)22(24(20)28)16-6-8-19-17(23(16)27)12-30-25(29)31-19/h6-12,32,34-35H,2-5H2,1H3,(H2,29,30,31)/q+1. The Bertz CT molecular complexity index is 1480. The van der Waals surface area contributed by atoms with Crippen molar-refractivity contribution >= 4 is 28.2 Å². The van der Waals surface area contributed by atoms with Crippen LogP contribution in [0.5, 0.6) is 0 Å². The Morgan fingerprint density at radius 1 is 1.06 bits per heavy atom. The van der Waals surface area contributed by atoms with E-state index in [1.54, 1.807) is 6.07 Å². The van der Waals surface area contributed by atoms with E-state index < -0.39 is 33.6 Å². The van der Waals surface area contributed by atoms with E-state index in [1.165, 1.54) is 12.1 Å². The van der Waals surface area contributed by atoms with Gasteiger partial charge >= 0.3 is 0 Å². The Balaban J connectivity index is 1.59. The molecule has 0 spiro atoms. The van der Waals surface area contributed by atoms with E-state index in [9.17, 15) is 14.8 Å². The Kier molecular flexibility index (Phi) is 5.59. The second-order valence-corrected chi connectivity index (χ2v) is 8.54. The summed E-state index contributed by atoms with van der Waals surface area (Å²) in [6.45, 7) is 1.95. The largest absolute Gasteiger partial charge is 0.368 e. The number of aromatic nitrogens is 2. The highest BCUT2D eigenvalue weighted by atomic mass is 19.1. The number of fused-ring (bicyclic) bond motifs is 2. The predicted molar refractivity (Wildman–Crippen MR) is 126 cm³/mol. The van der Waals surface area contributed by atoms with Gasteiger partial charge in [-0.1, -0.05) is 13.0 Å². The minimum absolute atomic E-state index is 0.0600. The Morgan fingerprint density at radius 3 is 2.63 bits per heavy atom. The second-order valence-electron chi connectivity index (χ2n) is 8.54. The first-order valence-corrected chi connectivity index (χ1v) is 11.2. The number of aryl methyl sites for hydroxylation is 2. The number of nitrogens with zero attached hydrogens (tertiary/aromatic N) is 3. The van der Waals surface area contributed by atoms with Crippen LogP contribution < -0.4 is 16.1 Å². The molecule has 1 heterocycles. The average molecular weight is 482 g/mol. The fourth-order valence-electron chi connectivity index (χ4n) is 4.62. The first kappa shape index (κ1) is 23.0.